The summed E-state index contributed by atoms with van der Waals surface area (Å²) < 4.78 is 9.40. The summed E-state index contributed by atoms with van der Waals surface area (Å²) in [4.78, 5) is 10.6. The van der Waals surface area contributed by atoms with E-state index in [1.54, 1.807) is 0 Å². The Morgan fingerprint density at radius 1 is 1.64 bits per heavy atom. The summed E-state index contributed by atoms with van der Waals surface area (Å²) in [5.74, 6) is 0.237. The van der Waals surface area contributed by atoms with Crippen LogP contribution < -0.4 is 5.73 Å². The molecule has 0 bridgehead atoms. The van der Waals surface area contributed by atoms with Gasteiger partial charge in [0.25, 0.3) is 0 Å². The smallest absolute Gasteiger partial charge is 0.434 e. The highest BCUT2D eigenvalue weighted by Crippen LogP contribution is 2.12. The monoisotopic (exact) mass is 159 g/mol. The molecular weight excluding hydrogens is 146 g/mol. The third-order valence-corrected chi connectivity index (χ3v) is 1.87. The van der Waals surface area contributed by atoms with E-state index < -0.39 is 6.16 Å². The van der Waals surface area contributed by atoms with Crippen molar-refractivity contribution in [2.24, 2.45) is 11.7 Å². The van der Waals surface area contributed by atoms with Gasteiger partial charge in [-0.3, -0.25) is 0 Å². The Kier molecular flexibility index (Phi) is 2.70. The van der Waals surface area contributed by atoms with Crippen molar-refractivity contribution in [3.05, 3.63) is 0 Å². The molecule has 1 fully saturated rings. The summed E-state index contributed by atoms with van der Waals surface area (Å²) in [6, 6.07) is 0.0597. The Morgan fingerprint density at radius 2 is 2.36 bits per heavy atom. The molecule has 1 aliphatic rings. The number of ether oxygens (including phenoxy) is 2. The van der Waals surface area contributed by atoms with Crippen molar-refractivity contribution in [2.75, 3.05) is 13.2 Å². The van der Waals surface area contributed by atoms with Gasteiger partial charge in [-0.15, -0.1) is 0 Å². The molecule has 0 aromatic carbocycles. The van der Waals surface area contributed by atoms with Gasteiger partial charge < -0.3 is 15.2 Å². The van der Waals surface area contributed by atoms with Crippen LogP contribution in [0, 0.1) is 5.92 Å². The van der Waals surface area contributed by atoms with E-state index in [2.05, 4.69) is 4.74 Å². The molecule has 1 saturated heterocycles. The predicted octanol–water partition coefficient (Wildman–Crippen LogP) is 0.507. The molecule has 0 amide bonds. The van der Waals surface area contributed by atoms with E-state index in [1.807, 2.05) is 6.92 Å². The molecule has 1 aliphatic heterocycles. The van der Waals surface area contributed by atoms with Gasteiger partial charge in [-0.25, -0.2) is 4.79 Å². The molecule has 1 rings (SSSR count). The van der Waals surface area contributed by atoms with Crippen LogP contribution in [0.4, 0.5) is 4.79 Å². The molecule has 4 nitrogen and oxygen atoms in total. The fourth-order valence-corrected chi connectivity index (χ4v) is 1.01. The fourth-order valence-electron chi connectivity index (χ4n) is 1.01. The Balaban J connectivity index is 2.40. The second-order valence-corrected chi connectivity index (χ2v) is 2.82. The minimum Gasteiger partial charge on any atom is -0.434 e. The van der Waals surface area contributed by atoms with Gasteiger partial charge in [0.15, 0.2) is 0 Å². The Labute approximate surface area is 65.7 Å². The van der Waals surface area contributed by atoms with Gasteiger partial charge in [0, 0.05) is 12.0 Å². The topological polar surface area (TPSA) is 61.5 Å². The molecule has 2 unspecified atom stereocenters. The van der Waals surface area contributed by atoms with Crippen LogP contribution in [-0.2, 0) is 9.47 Å². The van der Waals surface area contributed by atoms with Crippen molar-refractivity contribution in [1.29, 1.82) is 0 Å². The summed E-state index contributed by atoms with van der Waals surface area (Å²) in [5, 5.41) is 0. The van der Waals surface area contributed by atoms with Crippen LogP contribution in [-0.4, -0.2) is 25.4 Å². The quantitative estimate of drug-likeness (QED) is 0.566. The van der Waals surface area contributed by atoms with Gasteiger partial charge >= 0.3 is 6.16 Å². The van der Waals surface area contributed by atoms with Gasteiger partial charge in [0.05, 0.1) is 13.2 Å². The fraction of sp³-hybridized carbons (Fsp3) is 0.857. The molecule has 64 valence electrons. The van der Waals surface area contributed by atoms with E-state index in [4.69, 9.17) is 10.5 Å². The van der Waals surface area contributed by atoms with Gasteiger partial charge in [0.2, 0.25) is 0 Å². The molecule has 4 heteroatoms. The number of carbonyl (C=O) groups excluding carboxylic acids is 1. The SMILES string of the molecule is CC(N)C1CCOC(=O)OC1. The molecule has 0 aromatic heterocycles. The number of hydrogen-bond acceptors (Lipinski definition) is 4. The second-order valence-electron chi connectivity index (χ2n) is 2.82. The van der Waals surface area contributed by atoms with Crippen molar-refractivity contribution in [2.45, 2.75) is 19.4 Å². The van der Waals surface area contributed by atoms with E-state index in [9.17, 15) is 4.79 Å². The maximum Gasteiger partial charge on any atom is 0.508 e. The van der Waals surface area contributed by atoms with E-state index in [-0.39, 0.29) is 12.0 Å². The lowest BCUT2D eigenvalue weighted by Gasteiger charge is -2.15. The van der Waals surface area contributed by atoms with Crippen LogP contribution >= 0.6 is 0 Å². The van der Waals surface area contributed by atoms with Gasteiger partial charge in [0.1, 0.15) is 0 Å². The van der Waals surface area contributed by atoms with Crippen LogP contribution in [0.2, 0.25) is 0 Å². The summed E-state index contributed by atoms with van der Waals surface area (Å²) in [7, 11) is 0. The lowest BCUT2D eigenvalue weighted by atomic mass is 10.00. The molecule has 0 spiro atoms. The molecule has 0 aromatic rings. The number of hydrogen-bond donors (Lipinski definition) is 1. The van der Waals surface area contributed by atoms with Crippen LogP contribution in [0.15, 0.2) is 0 Å². The molecule has 11 heavy (non-hydrogen) atoms. The number of cyclic esters (lactones) is 2. The average molecular weight is 159 g/mol. The predicted molar refractivity (Wildman–Crippen MR) is 39.1 cm³/mol. The molecule has 1 heterocycles. The first-order valence-electron chi connectivity index (χ1n) is 3.75. The summed E-state index contributed by atoms with van der Waals surface area (Å²) >= 11 is 0. The third-order valence-electron chi connectivity index (χ3n) is 1.87. The highest BCUT2D eigenvalue weighted by atomic mass is 16.7. The average Bonchev–Trinajstić information content (AvgIpc) is 2.13. The standard InChI is InChI=1S/C7H13NO3/c1-5(8)6-2-3-10-7(9)11-4-6/h5-6H,2-4,8H2,1H3. The van der Waals surface area contributed by atoms with Crippen molar-refractivity contribution >= 4 is 6.16 Å². The Morgan fingerprint density at radius 3 is 3.00 bits per heavy atom. The van der Waals surface area contributed by atoms with Gasteiger partial charge in [-0.1, -0.05) is 0 Å². The van der Waals surface area contributed by atoms with Crippen LogP contribution in [0.5, 0.6) is 0 Å². The Bertz CT molecular complexity index is 147. The van der Waals surface area contributed by atoms with E-state index >= 15 is 0 Å². The minimum absolute atomic E-state index is 0.0597. The van der Waals surface area contributed by atoms with Gasteiger partial charge in [-0.05, 0) is 13.3 Å². The first-order valence-corrected chi connectivity index (χ1v) is 3.75. The molecule has 2 N–H and O–H groups in total. The summed E-state index contributed by atoms with van der Waals surface area (Å²) in [6.45, 7) is 2.71. The zero-order chi connectivity index (χ0) is 8.27. The maximum absolute atomic E-state index is 10.6. The highest BCUT2D eigenvalue weighted by molar-refractivity contribution is 5.59. The lowest BCUT2D eigenvalue weighted by Crippen LogP contribution is -2.29. The Hall–Kier alpha value is -0.770. The zero-order valence-corrected chi connectivity index (χ0v) is 6.58. The first kappa shape index (κ1) is 8.33. The van der Waals surface area contributed by atoms with Gasteiger partial charge in [-0.2, -0.15) is 0 Å². The minimum atomic E-state index is -0.576. The maximum atomic E-state index is 10.6. The molecule has 0 radical (unpaired) electrons. The van der Waals surface area contributed by atoms with E-state index in [0.717, 1.165) is 6.42 Å². The molecule has 0 saturated carbocycles. The van der Waals surface area contributed by atoms with Crippen molar-refractivity contribution in [3.63, 3.8) is 0 Å². The van der Waals surface area contributed by atoms with Crippen LogP contribution in [0.1, 0.15) is 13.3 Å². The van der Waals surface area contributed by atoms with E-state index in [0.29, 0.717) is 13.2 Å². The van der Waals surface area contributed by atoms with Crippen molar-refractivity contribution in [1.82, 2.24) is 0 Å². The van der Waals surface area contributed by atoms with E-state index in [1.165, 1.54) is 0 Å². The highest BCUT2D eigenvalue weighted by Gasteiger charge is 2.20. The number of nitrogens with two attached hydrogens (primary N) is 1. The number of carbonyl (C=O) groups is 1. The normalized spacial score (nSPS) is 28.2. The molecular formula is C7H13NO3. The summed E-state index contributed by atoms with van der Waals surface area (Å²) in [6.07, 6.45) is 0.219. The number of rotatable bonds is 1. The van der Waals surface area contributed by atoms with Crippen molar-refractivity contribution in [3.8, 4) is 0 Å². The lowest BCUT2D eigenvalue weighted by molar-refractivity contribution is 0.0689. The first-order chi connectivity index (χ1) is 5.20. The van der Waals surface area contributed by atoms with Crippen LogP contribution in [0.25, 0.3) is 0 Å². The van der Waals surface area contributed by atoms with Crippen LogP contribution in [0.3, 0.4) is 0 Å². The largest absolute Gasteiger partial charge is 0.508 e. The summed E-state index contributed by atoms with van der Waals surface area (Å²) in [5.41, 5.74) is 5.64. The second kappa shape index (κ2) is 3.57. The molecule has 2 atom stereocenters. The molecule has 0 aliphatic carbocycles. The zero-order valence-electron chi connectivity index (χ0n) is 6.58. The van der Waals surface area contributed by atoms with Crippen molar-refractivity contribution < 1.29 is 14.3 Å². The third kappa shape index (κ3) is 2.38.